The van der Waals surface area contributed by atoms with Crippen molar-refractivity contribution < 1.29 is 0 Å². The van der Waals surface area contributed by atoms with Gasteiger partial charge in [-0.05, 0) is 24.0 Å². The van der Waals surface area contributed by atoms with Gasteiger partial charge in [0.15, 0.2) is 0 Å². The standard InChI is InChI=1S/C13H20BrN3/c1-8(2)7-10-12(16-17-13(10)15)9-5-3-4-6-11(9)14/h3-6,8,10,12-13,16-17H,7,15H2,1-2H3. The molecule has 4 N–H and O–H groups in total. The lowest BCUT2D eigenvalue weighted by molar-refractivity contribution is 0.344. The lowest BCUT2D eigenvalue weighted by Crippen LogP contribution is -2.39. The number of hydrogen-bond acceptors (Lipinski definition) is 3. The molecule has 1 aliphatic heterocycles. The van der Waals surface area contributed by atoms with Gasteiger partial charge >= 0.3 is 0 Å². The minimum atomic E-state index is 0.0227. The molecule has 3 atom stereocenters. The molecule has 3 nitrogen and oxygen atoms in total. The van der Waals surface area contributed by atoms with Crippen molar-refractivity contribution in [2.45, 2.75) is 32.5 Å². The highest BCUT2D eigenvalue weighted by molar-refractivity contribution is 9.10. The largest absolute Gasteiger partial charge is 0.315 e. The van der Waals surface area contributed by atoms with E-state index in [2.05, 4.69) is 58.8 Å². The van der Waals surface area contributed by atoms with Gasteiger partial charge in [-0.25, -0.2) is 10.9 Å². The number of nitrogens with two attached hydrogens (primary N) is 1. The predicted molar refractivity (Wildman–Crippen MR) is 74.1 cm³/mol. The monoisotopic (exact) mass is 297 g/mol. The van der Waals surface area contributed by atoms with Crippen molar-refractivity contribution in [2.24, 2.45) is 17.6 Å². The summed E-state index contributed by atoms with van der Waals surface area (Å²) in [6.45, 7) is 4.48. The smallest absolute Gasteiger partial charge is 0.0726 e. The summed E-state index contributed by atoms with van der Waals surface area (Å²) in [5.41, 5.74) is 13.9. The van der Waals surface area contributed by atoms with Crippen molar-refractivity contribution in [3.8, 4) is 0 Å². The Morgan fingerprint density at radius 2 is 2.00 bits per heavy atom. The first-order valence-electron chi connectivity index (χ1n) is 6.10. The van der Waals surface area contributed by atoms with Crippen LogP contribution in [0.25, 0.3) is 0 Å². The van der Waals surface area contributed by atoms with Crippen LogP contribution in [-0.4, -0.2) is 6.17 Å². The fourth-order valence-corrected chi connectivity index (χ4v) is 3.00. The number of benzene rings is 1. The van der Waals surface area contributed by atoms with Crippen molar-refractivity contribution >= 4 is 15.9 Å². The van der Waals surface area contributed by atoms with E-state index in [1.807, 2.05) is 6.07 Å². The molecule has 4 heteroatoms. The van der Waals surface area contributed by atoms with Crippen LogP contribution in [0.5, 0.6) is 0 Å². The van der Waals surface area contributed by atoms with Crippen molar-refractivity contribution in [2.75, 3.05) is 0 Å². The number of hydrogen-bond donors (Lipinski definition) is 3. The van der Waals surface area contributed by atoms with Crippen LogP contribution >= 0.6 is 15.9 Å². The number of hydrazine groups is 1. The highest BCUT2D eigenvalue weighted by Gasteiger charge is 2.35. The molecule has 0 spiro atoms. The molecule has 0 amide bonds. The van der Waals surface area contributed by atoms with E-state index < -0.39 is 0 Å². The summed E-state index contributed by atoms with van der Waals surface area (Å²) in [4.78, 5) is 0. The Kier molecular flexibility index (Phi) is 4.20. The van der Waals surface area contributed by atoms with E-state index >= 15 is 0 Å². The number of halogens is 1. The summed E-state index contributed by atoms with van der Waals surface area (Å²) in [5.74, 6) is 1.08. The molecule has 1 heterocycles. The second-order valence-corrected chi connectivity index (χ2v) is 5.96. The average molecular weight is 298 g/mol. The third-order valence-corrected chi connectivity index (χ3v) is 4.00. The zero-order valence-electron chi connectivity index (χ0n) is 10.3. The third kappa shape index (κ3) is 2.88. The molecular formula is C13H20BrN3. The Bertz CT molecular complexity index is 381. The molecule has 2 rings (SSSR count). The predicted octanol–water partition coefficient (Wildman–Crippen LogP) is 2.55. The second-order valence-electron chi connectivity index (χ2n) is 5.11. The first-order valence-corrected chi connectivity index (χ1v) is 6.90. The van der Waals surface area contributed by atoms with Crippen molar-refractivity contribution in [3.63, 3.8) is 0 Å². The average Bonchev–Trinajstić information content (AvgIpc) is 2.61. The minimum absolute atomic E-state index is 0.0227. The quantitative estimate of drug-likeness (QED) is 0.804. The van der Waals surface area contributed by atoms with Crippen molar-refractivity contribution in [3.05, 3.63) is 34.3 Å². The van der Waals surface area contributed by atoms with E-state index in [0.717, 1.165) is 10.9 Å². The van der Waals surface area contributed by atoms with Gasteiger partial charge in [0.2, 0.25) is 0 Å². The van der Waals surface area contributed by atoms with Crippen LogP contribution in [0.3, 0.4) is 0 Å². The lowest BCUT2D eigenvalue weighted by atomic mass is 9.86. The van der Waals surface area contributed by atoms with Crippen LogP contribution < -0.4 is 16.6 Å². The van der Waals surface area contributed by atoms with Crippen LogP contribution in [0.1, 0.15) is 31.9 Å². The minimum Gasteiger partial charge on any atom is -0.315 e. The van der Waals surface area contributed by atoms with Crippen LogP contribution in [-0.2, 0) is 0 Å². The summed E-state index contributed by atoms with van der Waals surface area (Å²) in [6, 6.07) is 8.61. The Balaban J connectivity index is 2.22. The Morgan fingerprint density at radius 1 is 1.29 bits per heavy atom. The van der Waals surface area contributed by atoms with Gasteiger partial charge < -0.3 is 5.73 Å². The van der Waals surface area contributed by atoms with Gasteiger partial charge in [-0.3, -0.25) is 0 Å². The summed E-state index contributed by atoms with van der Waals surface area (Å²) >= 11 is 3.61. The molecule has 1 fully saturated rings. The molecule has 0 bridgehead atoms. The van der Waals surface area contributed by atoms with Gasteiger partial charge in [-0.15, -0.1) is 0 Å². The first kappa shape index (κ1) is 13.0. The normalized spacial score (nSPS) is 28.9. The SMILES string of the molecule is CC(C)CC1C(N)NNC1c1ccccc1Br. The van der Waals surface area contributed by atoms with E-state index in [1.165, 1.54) is 5.56 Å². The summed E-state index contributed by atoms with van der Waals surface area (Å²) < 4.78 is 1.14. The van der Waals surface area contributed by atoms with Gasteiger partial charge in [-0.1, -0.05) is 48.0 Å². The van der Waals surface area contributed by atoms with E-state index in [-0.39, 0.29) is 12.2 Å². The van der Waals surface area contributed by atoms with Crippen LogP contribution in [0.4, 0.5) is 0 Å². The summed E-state index contributed by atoms with van der Waals surface area (Å²) in [5, 5.41) is 0. The van der Waals surface area contributed by atoms with Crippen LogP contribution in [0.15, 0.2) is 28.7 Å². The molecule has 0 aromatic heterocycles. The van der Waals surface area contributed by atoms with E-state index in [4.69, 9.17) is 5.73 Å². The van der Waals surface area contributed by atoms with Crippen LogP contribution in [0, 0.1) is 11.8 Å². The van der Waals surface area contributed by atoms with Gasteiger partial charge in [0.1, 0.15) is 0 Å². The van der Waals surface area contributed by atoms with Gasteiger partial charge in [0.25, 0.3) is 0 Å². The molecule has 0 aliphatic carbocycles. The molecular weight excluding hydrogens is 278 g/mol. The zero-order chi connectivity index (χ0) is 12.4. The molecule has 0 radical (unpaired) electrons. The van der Waals surface area contributed by atoms with Gasteiger partial charge in [0.05, 0.1) is 12.2 Å². The molecule has 0 saturated carbocycles. The summed E-state index contributed by atoms with van der Waals surface area (Å²) in [6.07, 6.45) is 1.14. The van der Waals surface area contributed by atoms with Crippen molar-refractivity contribution in [1.82, 2.24) is 10.9 Å². The topological polar surface area (TPSA) is 50.1 Å². The van der Waals surface area contributed by atoms with Crippen LogP contribution in [0.2, 0.25) is 0 Å². The molecule has 1 aromatic rings. The second kappa shape index (κ2) is 5.48. The van der Waals surface area contributed by atoms with E-state index in [9.17, 15) is 0 Å². The molecule has 1 saturated heterocycles. The van der Waals surface area contributed by atoms with Gasteiger partial charge in [-0.2, -0.15) is 0 Å². The Hall–Kier alpha value is -0.420. The maximum atomic E-state index is 6.12. The van der Waals surface area contributed by atoms with E-state index in [1.54, 1.807) is 0 Å². The Labute approximate surface area is 111 Å². The third-order valence-electron chi connectivity index (χ3n) is 3.28. The fourth-order valence-electron chi connectivity index (χ4n) is 2.47. The lowest BCUT2D eigenvalue weighted by Gasteiger charge is -2.23. The van der Waals surface area contributed by atoms with E-state index in [0.29, 0.717) is 11.8 Å². The van der Waals surface area contributed by atoms with Crippen molar-refractivity contribution in [1.29, 1.82) is 0 Å². The molecule has 94 valence electrons. The highest BCUT2D eigenvalue weighted by Crippen LogP contribution is 2.35. The summed E-state index contributed by atoms with van der Waals surface area (Å²) in [7, 11) is 0. The Morgan fingerprint density at radius 3 is 2.65 bits per heavy atom. The highest BCUT2D eigenvalue weighted by atomic mass is 79.9. The zero-order valence-corrected chi connectivity index (χ0v) is 11.9. The maximum Gasteiger partial charge on any atom is 0.0726 e. The first-order chi connectivity index (χ1) is 8.09. The molecule has 1 aromatic carbocycles. The fraction of sp³-hybridized carbons (Fsp3) is 0.538. The molecule has 3 unspecified atom stereocenters. The number of rotatable bonds is 3. The van der Waals surface area contributed by atoms with Gasteiger partial charge in [0, 0.05) is 10.4 Å². The number of nitrogens with one attached hydrogen (secondary N) is 2. The molecule has 17 heavy (non-hydrogen) atoms. The molecule has 1 aliphatic rings. The maximum absolute atomic E-state index is 6.12.